The van der Waals surface area contributed by atoms with Gasteiger partial charge in [0.2, 0.25) is 10.0 Å². The summed E-state index contributed by atoms with van der Waals surface area (Å²) in [5, 5.41) is 17.1. The molecule has 0 amide bonds. The van der Waals surface area contributed by atoms with Crippen LogP contribution in [0, 0.1) is 0 Å². The molecule has 0 radical (unpaired) electrons. The number of nitrogens with one attached hydrogen (secondary N) is 1. The number of hydrogen-bond acceptors (Lipinski definition) is 5. The van der Waals surface area contributed by atoms with E-state index in [1.807, 2.05) is 0 Å². The van der Waals surface area contributed by atoms with Crippen molar-refractivity contribution in [2.24, 2.45) is 10.2 Å². The van der Waals surface area contributed by atoms with Gasteiger partial charge in [0, 0.05) is 0 Å². The van der Waals surface area contributed by atoms with Crippen LogP contribution in [0.15, 0.2) is 63.7 Å². The molecule has 0 aliphatic heterocycles. The Kier molecular flexibility index (Phi) is 4.11. The van der Waals surface area contributed by atoms with E-state index in [1.165, 1.54) is 31.3 Å². The lowest BCUT2D eigenvalue weighted by molar-refractivity contribution is 0.475. The van der Waals surface area contributed by atoms with Gasteiger partial charge in [-0.1, -0.05) is 0 Å². The number of hydrogen-bond donors (Lipinski definition) is 2. The largest absolute Gasteiger partial charge is 0.508 e. The van der Waals surface area contributed by atoms with Crippen molar-refractivity contribution in [2.75, 3.05) is 7.05 Å². The summed E-state index contributed by atoms with van der Waals surface area (Å²) in [5.41, 5.74) is 1.13. The van der Waals surface area contributed by atoms with Crippen molar-refractivity contribution in [1.82, 2.24) is 4.72 Å². The molecule has 0 saturated carbocycles. The minimum Gasteiger partial charge on any atom is -0.508 e. The van der Waals surface area contributed by atoms with Crippen molar-refractivity contribution in [2.45, 2.75) is 4.90 Å². The van der Waals surface area contributed by atoms with E-state index >= 15 is 0 Å². The summed E-state index contributed by atoms with van der Waals surface area (Å²) in [7, 11) is -2.08. The van der Waals surface area contributed by atoms with E-state index in [2.05, 4.69) is 15.0 Å². The van der Waals surface area contributed by atoms with Crippen LogP contribution in [0.25, 0.3) is 0 Å². The highest BCUT2D eigenvalue weighted by molar-refractivity contribution is 7.89. The molecule has 0 saturated heterocycles. The number of aromatic hydroxyl groups is 1. The van der Waals surface area contributed by atoms with Crippen LogP contribution in [-0.2, 0) is 10.0 Å². The SMILES string of the molecule is CNS(=O)(=O)c1ccc(N=Nc2ccc(O)cc2)cc1. The number of azo groups is 1. The van der Waals surface area contributed by atoms with Crippen LogP contribution in [0.3, 0.4) is 0 Å². The molecular formula is C13H13N3O3S. The second-order valence-corrected chi connectivity index (χ2v) is 5.80. The molecule has 20 heavy (non-hydrogen) atoms. The Morgan fingerprint density at radius 2 is 1.35 bits per heavy atom. The summed E-state index contributed by atoms with van der Waals surface area (Å²) < 4.78 is 25.3. The Morgan fingerprint density at radius 3 is 1.80 bits per heavy atom. The van der Waals surface area contributed by atoms with Crippen LogP contribution in [0.4, 0.5) is 11.4 Å². The summed E-state index contributed by atoms with van der Waals surface area (Å²) in [6.07, 6.45) is 0. The highest BCUT2D eigenvalue weighted by Crippen LogP contribution is 2.21. The number of benzene rings is 2. The minimum absolute atomic E-state index is 0.158. The average Bonchev–Trinajstić information content (AvgIpc) is 2.47. The maximum atomic E-state index is 11.5. The van der Waals surface area contributed by atoms with E-state index in [1.54, 1.807) is 24.3 Å². The molecule has 0 heterocycles. The average molecular weight is 291 g/mol. The first-order chi connectivity index (χ1) is 9.51. The van der Waals surface area contributed by atoms with Gasteiger partial charge in [0.25, 0.3) is 0 Å². The lowest BCUT2D eigenvalue weighted by Gasteiger charge is -2.01. The van der Waals surface area contributed by atoms with Crippen molar-refractivity contribution in [1.29, 1.82) is 0 Å². The van der Waals surface area contributed by atoms with Gasteiger partial charge in [-0.05, 0) is 55.6 Å². The predicted molar refractivity (Wildman–Crippen MR) is 75.0 cm³/mol. The smallest absolute Gasteiger partial charge is 0.240 e. The summed E-state index contributed by atoms with van der Waals surface area (Å²) in [5.74, 6) is 0.158. The Balaban J connectivity index is 2.17. The van der Waals surface area contributed by atoms with Crippen molar-refractivity contribution >= 4 is 21.4 Å². The van der Waals surface area contributed by atoms with Crippen molar-refractivity contribution in [3.05, 3.63) is 48.5 Å². The zero-order valence-corrected chi connectivity index (χ0v) is 11.5. The first-order valence-corrected chi connectivity index (χ1v) is 7.24. The third kappa shape index (κ3) is 3.40. The normalized spacial score (nSPS) is 11.8. The van der Waals surface area contributed by atoms with E-state index in [9.17, 15) is 8.42 Å². The highest BCUT2D eigenvalue weighted by atomic mass is 32.2. The topological polar surface area (TPSA) is 91.1 Å². The van der Waals surface area contributed by atoms with Gasteiger partial charge < -0.3 is 5.11 Å². The first kappa shape index (κ1) is 14.2. The molecule has 7 heteroatoms. The van der Waals surface area contributed by atoms with Crippen LogP contribution in [0.5, 0.6) is 5.75 Å². The van der Waals surface area contributed by atoms with E-state index in [-0.39, 0.29) is 10.6 Å². The van der Waals surface area contributed by atoms with Crippen molar-refractivity contribution in [3.63, 3.8) is 0 Å². The van der Waals surface area contributed by atoms with Gasteiger partial charge in [-0.2, -0.15) is 10.2 Å². The quantitative estimate of drug-likeness (QED) is 0.848. The molecular weight excluding hydrogens is 278 g/mol. The van der Waals surface area contributed by atoms with Gasteiger partial charge in [0.1, 0.15) is 5.75 Å². The summed E-state index contributed by atoms with van der Waals surface area (Å²) in [6, 6.07) is 12.3. The van der Waals surface area contributed by atoms with Gasteiger partial charge in [-0.3, -0.25) is 0 Å². The molecule has 6 nitrogen and oxygen atoms in total. The summed E-state index contributed by atoms with van der Waals surface area (Å²) >= 11 is 0. The fourth-order valence-electron chi connectivity index (χ4n) is 1.44. The van der Waals surface area contributed by atoms with Crippen LogP contribution in [0.2, 0.25) is 0 Å². The van der Waals surface area contributed by atoms with Gasteiger partial charge in [0.15, 0.2) is 0 Å². The maximum absolute atomic E-state index is 11.5. The third-order valence-corrected chi connectivity index (χ3v) is 3.98. The van der Waals surface area contributed by atoms with Gasteiger partial charge in [-0.25, -0.2) is 13.1 Å². The first-order valence-electron chi connectivity index (χ1n) is 5.76. The minimum atomic E-state index is -3.44. The molecule has 0 fully saturated rings. The summed E-state index contributed by atoms with van der Waals surface area (Å²) in [6.45, 7) is 0. The Hall–Kier alpha value is -2.25. The zero-order chi connectivity index (χ0) is 14.6. The molecule has 2 rings (SSSR count). The molecule has 104 valence electrons. The Bertz CT molecular complexity index is 708. The molecule has 2 N–H and O–H groups in total. The number of nitrogens with zero attached hydrogens (tertiary/aromatic N) is 2. The van der Waals surface area contributed by atoms with Gasteiger partial charge in [0.05, 0.1) is 16.3 Å². The highest BCUT2D eigenvalue weighted by Gasteiger charge is 2.09. The van der Waals surface area contributed by atoms with E-state index < -0.39 is 10.0 Å². The number of rotatable bonds is 4. The monoisotopic (exact) mass is 291 g/mol. The zero-order valence-electron chi connectivity index (χ0n) is 10.7. The molecule has 0 aromatic heterocycles. The van der Waals surface area contributed by atoms with E-state index in [0.717, 1.165) is 0 Å². The third-order valence-electron chi connectivity index (χ3n) is 2.55. The lowest BCUT2D eigenvalue weighted by Crippen LogP contribution is -2.18. The van der Waals surface area contributed by atoms with Crippen LogP contribution < -0.4 is 4.72 Å². The molecule has 0 aliphatic carbocycles. The Labute approximate surface area is 116 Å². The Morgan fingerprint density at radius 1 is 0.900 bits per heavy atom. The second-order valence-electron chi connectivity index (χ2n) is 3.92. The molecule has 0 atom stereocenters. The number of sulfonamides is 1. The molecule has 0 aliphatic rings. The fraction of sp³-hybridized carbons (Fsp3) is 0.0769. The molecule has 0 bridgehead atoms. The standard InChI is InChI=1S/C13H13N3O3S/c1-14-20(18,19)13-8-4-11(5-9-13)16-15-10-2-6-12(17)7-3-10/h2-9,14,17H,1H3. The lowest BCUT2D eigenvalue weighted by atomic mass is 10.3. The molecule has 2 aromatic rings. The maximum Gasteiger partial charge on any atom is 0.240 e. The van der Waals surface area contributed by atoms with Crippen LogP contribution >= 0.6 is 0 Å². The van der Waals surface area contributed by atoms with Gasteiger partial charge in [-0.15, -0.1) is 0 Å². The van der Waals surface area contributed by atoms with Crippen molar-refractivity contribution < 1.29 is 13.5 Å². The van der Waals surface area contributed by atoms with Crippen LogP contribution in [0.1, 0.15) is 0 Å². The fourth-order valence-corrected chi connectivity index (χ4v) is 2.17. The van der Waals surface area contributed by atoms with Crippen molar-refractivity contribution in [3.8, 4) is 5.75 Å². The van der Waals surface area contributed by atoms with Crippen LogP contribution in [-0.4, -0.2) is 20.6 Å². The van der Waals surface area contributed by atoms with E-state index in [4.69, 9.17) is 5.11 Å². The van der Waals surface area contributed by atoms with Gasteiger partial charge >= 0.3 is 0 Å². The number of phenols is 1. The van der Waals surface area contributed by atoms with E-state index in [0.29, 0.717) is 11.4 Å². The molecule has 2 aromatic carbocycles. The second kappa shape index (κ2) is 5.81. The molecule has 0 spiro atoms. The predicted octanol–water partition coefficient (Wildman–Crippen LogP) is 2.72. The number of phenolic OH excluding ortho intramolecular Hbond substituents is 1. The summed E-state index contributed by atoms with van der Waals surface area (Å²) in [4.78, 5) is 0.170. The molecule has 0 unspecified atom stereocenters.